The third kappa shape index (κ3) is 4.87. The fraction of sp³-hybridized carbons (Fsp3) is 0.389. The first-order valence-electron chi connectivity index (χ1n) is 7.43. The van der Waals surface area contributed by atoms with Crippen molar-refractivity contribution in [2.24, 2.45) is 0 Å². The fourth-order valence-electron chi connectivity index (χ4n) is 1.98. The quantitative estimate of drug-likeness (QED) is 0.876. The highest BCUT2D eigenvalue weighted by atomic mass is 16.5. The lowest BCUT2D eigenvalue weighted by molar-refractivity contribution is 0.300. The Labute approximate surface area is 127 Å². The first-order valence-corrected chi connectivity index (χ1v) is 7.43. The van der Waals surface area contributed by atoms with Gasteiger partial charge in [0.2, 0.25) is 0 Å². The van der Waals surface area contributed by atoms with Crippen molar-refractivity contribution < 1.29 is 4.74 Å². The van der Waals surface area contributed by atoms with E-state index in [1.54, 1.807) is 0 Å². The molecule has 112 valence electrons. The van der Waals surface area contributed by atoms with Crippen molar-refractivity contribution in [3.8, 4) is 5.75 Å². The van der Waals surface area contributed by atoms with Gasteiger partial charge in [0.1, 0.15) is 12.4 Å². The van der Waals surface area contributed by atoms with Crippen LogP contribution in [0.2, 0.25) is 0 Å². The second-order valence-electron chi connectivity index (χ2n) is 5.69. The number of hydrogen-bond acceptors (Lipinski definition) is 3. The van der Waals surface area contributed by atoms with Crippen molar-refractivity contribution in [2.45, 2.75) is 46.9 Å². The molecule has 1 aromatic heterocycles. The second-order valence-corrected chi connectivity index (χ2v) is 5.69. The average Bonchev–Trinajstić information content (AvgIpc) is 2.47. The van der Waals surface area contributed by atoms with Gasteiger partial charge in [0.05, 0.1) is 11.4 Å². The van der Waals surface area contributed by atoms with Gasteiger partial charge in [0.15, 0.2) is 0 Å². The Kier molecular flexibility index (Phi) is 5.34. The molecule has 0 saturated carbocycles. The second kappa shape index (κ2) is 7.23. The zero-order valence-corrected chi connectivity index (χ0v) is 13.3. The minimum atomic E-state index is 0.460. The normalized spacial score (nSPS) is 10.9. The van der Waals surface area contributed by atoms with Crippen LogP contribution in [0.5, 0.6) is 5.75 Å². The van der Waals surface area contributed by atoms with E-state index in [1.165, 1.54) is 11.1 Å². The van der Waals surface area contributed by atoms with Gasteiger partial charge < -0.3 is 10.1 Å². The Balaban J connectivity index is 1.96. The van der Waals surface area contributed by atoms with Gasteiger partial charge in [0.25, 0.3) is 0 Å². The van der Waals surface area contributed by atoms with Crippen molar-refractivity contribution in [1.29, 1.82) is 0 Å². The number of aryl methyl sites for hydroxylation is 2. The topological polar surface area (TPSA) is 34.1 Å². The molecule has 0 saturated heterocycles. The van der Waals surface area contributed by atoms with Crippen LogP contribution in [0, 0.1) is 13.8 Å². The van der Waals surface area contributed by atoms with Crippen LogP contribution in [0.1, 0.15) is 36.4 Å². The van der Waals surface area contributed by atoms with Gasteiger partial charge in [-0.1, -0.05) is 26.0 Å². The van der Waals surface area contributed by atoms with Gasteiger partial charge in [-0.2, -0.15) is 0 Å². The number of aromatic nitrogens is 1. The highest BCUT2D eigenvalue weighted by Gasteiger charge is 2.02. The molecule has 0 amide bonds. The molecule has 3 heteroatoms. The van der Waals surface area contributed by atoms with Gasteiger partial charge in [-0.3, -0.25) is 4.98 Å². The van der Waals surface area contributed by atoms with Crippen LogP contribution in [0.25, 0.3) is 0 Å². The summed E-state index contributed by atoms with van der Waals surface area (Å²) in [4.78, 5) is 4.61. The number of hydrogen-bond donors (Lipinski definition) is 1. The molecule has 0 aliphatic heterocycles. The zero-order valence-electron chi connectivity index (χ0n) is 13.3. The standard InChI is InChI=1S/C18H24N2O/c1-13(2)19-11-16-6-5-7-17(20-16)12-21-18-9-8-14(3)15(4)10-18/h5-10,13,19H,11-12H2,1-4H3. The van der Waals surface area contributed by atoms with Gasteiger partial charge in [-0.25, -0.2) is 0 Å². The summed E-state index contributed by atoms with van der Waals surface area (Å²) in [6.45, 7) is 9.75. The molecule has 21 heavy (non-hydrogen) atoms. The first kappa shape index (κ1) is 15.5. The van der Waals surface area contributed by atoms with Crippen molar-refractivity contribution in [3.63, 3.8) is 0 Å². The van der Waals surface area contributed by atoms with E-state index in [2.05, 4.69) is 50.1 Å². The Hall–Kier alpha value is -1.87. The van der Waals surface area contributed by atoms with E-state index in [0.717, 1.165) is 23.7 Å². The molecular formula is C18H24N2O. The smallest absolute Gasteiger partial charge is 0.130 e. The van der Waals surface area contributed by atoms with Crippen molar-refractivity contribution >= 4 is 0 Å². The maximum atomic E-state index is 5.83. The van der Waals surface area contributed by atoms with E-state index in [-0.39, 0.29) is 0 Å². The molecule has 3 nitrogen and oxygen atoms in total. The number of nitrogens with zero attached hydrogens (tertiary/aromatic N) is 1. The predicted molar refractivity (Wildman–Crippen MR) is 86.5 cm³/mol. The molecule has 1 aromatic carbocycles. The highest BCUT2D eigenvalue weighted by Crippen LogP contribution is 2.17. The number of benzene rings is 1. The Morgan fingerprint density at radius 2 is 1.81 bits per heavy atom. The maximum absolute atomic E-state index is 5.83. The van der Waals surface area contributed by atoms with Gasteiger partial charge in [-0.15, -0.1) is 0 Å². The molecule has 0 unspecified atom stereocenters. The van der Waals surface area contributed by atoms with Crippen molar-refractivity contribution in [1.82, 2.24) is 10.3 Å². The summed E-state index contributed by atoms with van der Waals surface area (Å²) in [6, 6.07) is 12.7. The summed E-state index contributed by atoms with van der Waals surface area (Å²) in [6.07, 6.45) is 0. The molecule has 0 spiro atoms. The lowest BCUT2D eigenvalue weighted by Crippen LogP contribution is -2.22. The van der Waals surface area contributed by atoms with E-state index in [0.29, 0.717) is 12.6 Å². The summed E-state index contributed by atoms with van der Waals surface area (Å²) < 4.78 is 5.83. The van der Waals surface area contributed by atoms with Gasteiger partial charge >= 0.3 is 0 Å². The molecule has 1 heterocycles. The monoisotopic (exact) mass is 284 g/mol. The van der Waals surface area contributed by atoms with Crippen LogP contribution in [-0.2, 0) is 13.2 Å². The average molecular weight is 284 g/mol. The molecule has 1 N–H and O–H groups in total. The molecule has 0 aliphatic rings. The lowest BCUT2D eigenvalue weighted by Gasteiger charge is -2.10. The van der Waals surface area contributed by atoms with Crippen LogP contribution in [0.15, 0.2) is 36.4 Å². The zero-order chi connectivity index (χ0) is 15.2. The van der Waals surface area contributed by atoms with E-state index in [1.807, 2.05) is 24.3 Å². The summed E-state index contributed by atoms with van der Waals surface area (Å²) in [5.41, 5.74) is 4.53. The summed E-state index contributed by atoms with van der Waals surface area (Å²) in [7, 11) is 0. The minimum absolute atomic E-state index is 0.460. The van der Waals surface area contributed by atoms with Crippen LogP contribution in [0.4, 0.5) is 0 Å². The van der Waals surface area contributed by atoms with Crippen molar-refractivity contribution in [3.05, 3.63) is 58.9 Å². The Morgan fingerprint density at radius 1 is 1.05 bits per heavy atom. The third-order valence-electron chi connectivity index (χ3n) is 3.42. The molecule has 0 radical (unpaired) electrons. The largest absolute Gasteiger partial charge is 0.487 e. The highest BCUT2D eigenvalue weighted by molar-refractivity contribution is 5.33. The number of nitrogens with one attached hydrogen (secondary N) is 1. The Bertz CT molecular complexity index is 594. The van der Waals surface area contributed by atoms with E-state index < -0.39 is 0 Å². The van der Waals surface area contributed by atoms with Gasteiger partial charge in [0, 0.05) is 12.6 Å². The molecule has 0 aliphatic carbocycles. The molecular weight excluding hydrogens is 260 g/mol. The molecule has 0 bridgehead atoms. The van der Waals surface area contributed by atoms with Crippen LogP contribution < -0.4 is 10.1 Å². The van der Waals surface area contributed by atoms with Gasteiger partial charge in [-0.05, 0) is 49.2 Å². The molecule has 0 fully saturated rings. The van der Waals surface area contributed by atoms with E-state index in [9.17, 15) is 0 Å². The van der Waals surface area contributed by atoms with E-state index >= 15 is 0 Å². The number of pyridine rings is 1. The van der Waals surface area contributed by atoms with Crippen LogP contribution >= 0.6 is 0 Å². The summed E-state index contributed by atoms with van der Waals surface area (Å²) in [5.74, 6) is 0.894. The van der Waals surface area contributed by atoms with E-state index in [4.69, 9.17) is 4.74 Å². The third-order valence-corrected chi connectivity index (χ3v) is 3.42. The lowest BCUT2D eigenvalue weighted by atomic mass is 10.1. The van der Waals surface area contributed by atoms with Crippen molar-refractivity contribution in [2.75, 3.05) is 0 Å². The molecule has 2 rings (SSSR count). The fourth-order valence-corrected chi connectivity index (χ4v) is 1.98. The predicted octanol–water partition coefficient (Wildman–Crippen LogP) is 3.78. The Morgan fingerprint density at radius 3 is 2.52 bits per heavy atom. The molecule has 0 atom stereocenters. The SMILES string of the molecule is Cc1ccc(OCc2cccc(CNC(C)C)n2)cc1C. The summed E-state index contributed by atoms with van der Waals surface area (Å²) >= 11 is 0. The van der Waals surface area contributed by atoms with Crippen LogP contribution in [-0.4, -0.2) is 11.0 Å². The maximum Gasteiger partial charge on any atom is 0.130 e. The molecule has 2 aromatic rings. The first-order chi connectivity index (χ1) is 10.0. The minimum Gasteiger partial charge on any atom is -0.487 e. The summed E-state index contributed by atoms with van der Waals surface area (Å²) in [5, 5.41) is 3.37. The number of rotatable bonds is 6. The van der Waals surface area contributed by atoms with Crippen LogP contribution in [0.3, 0.4) is 0 Å². The number of ether oxygens (including phenoxy) is 1.